The molecule has 0 atom stereocenters. The Kier molecular flexibility index (Phi) is 9.36. The molecular formula is C37H31ClN4O5. The fourth-order valence-electron chi connectivity index (χ4n) is 5.12. The van der Waals surface area contributed by atoms with Crippen molar-refractivity contribution in [2.45, 2.75) is 20.5 Å². The number of furan rings is 1. The van der Waals surface area contributed by atoms with Crippen LogP contribution in [0.3, 0.4) is 0 Å². The number of nitrogens with zero attached hydrogens (tertiary/aromatic N) is 2. The van der Waals surface area contributed by atoms with Gasteiger partial charge in [-0.15, -0.1) is 0 Å². The van der Waals surface area contributed by atoms with Gasteiger partial charge < -0.3 is 23.8 Å². The molecule has 2 N–H and O–H groups in total. The highest BCUT2D eigenvalue weighted by Gasteiger charge is 2.13. The number of rotatable bonds is 11. The quantitative estimate of drug-likeness (QED) is 0.110. The first kappa shape index (κ1) is 31.2. The van der Waals surface area contributed by atoms with Crippen molar-refractivity contribution in [2.24, 2.45) is 5.10 Å². The number of amides is 2. The molecular weight excluding hydrogens is 616 g/mol. The molecule has 4 aromatic carbocycles. The van der Waals surface area contributed by atoms with Gasteiger partial charge in [-0.1, -0.05) is 41.9 Å². The number of carbonyl (C=O) groups excluding carboxylic acids is 2. The summed E-state index contributed by atoms with van der Waals surface area (Å²) in [4.78, 5) is 25.4. The number of nitrogens with one attached hydrogen (secondary N) is 2. The first-order valence-corrected chi connectivity index (χ1v) is 15.2. The van der Waals surface area contributed by atoms with Crippen LogP contribution in [0.15, 0.2) is 119 Å². The summed E-state index contributed by atoms with van der Waals surface area (Å²) in [6.45, 7) is 4.05. The van der Waals surface area contributed by atoms with Crippen LogP contribution in [-0.4, -0.2) is 29.2 Å². The van der Waals surface area contributed by atoms with Crippen LogP contribution in [0.2, 0.25) is 5.02 Å². The largest absolute Gasteiger partial charge is 0.486 e. The van der Waals surface area contributed by atoms with Gasteiger partial charge in [0.2, 0.25) is 0 Å². The maximum Gasteiger partial charge on any atom is 0.307 e. The minimum Gasteiger partial charge on any atom is -0.486 e. The van der Waals surface area contributed by atoms with Crippen molar-refractivity contribution in [1.29, 1.82) is 0 Å². The molecule has 0 fully saturated rings. The van der Waals surface area contributed by atoms with E-state index in [1.54, 1.807) is 42.5 Å². The molecule has 47 heavy (non-hydrogen) atoms. The third-order valence-corrected chi connectivity index (χ3v) is 7.66. The third-order valence-electron chi connectivity index (χ3n) is 7.41. The van der Waals surface area contributed by atoms with Crippen LogP contribution < -0.4 is 20.2 Å². The zero-order valence-corrected chi connectivity index (χ0v) is 26.5. The maximum absolute atomic E-state index is 12.8. The van der Waals surface area contributed by atoms with Gasteiger partial charge in [-0.25, -0.2) is 5.43 Å². The molecule has 2 amide bonds. The highest BCUT2D eigenvalue weighted by molar-refractivity contribution is 6.30. The van der Waals surface area contributed by atoms with Crippen molar-refractivity contribution in [3.05, 3.63) is 143 Å². The molecule has 2 aromatic heterocycles. The summed E-state index contributed by atoms with van der Waals surface area (Å²) >= 11 is 5.92. The number of carbonyl (C=O) groups is 2. The Morgan fingerprint density at radius 1 is 0.851 bits per heavy atom. The van der Waals surface area contributed by atoms with Crippen molar-refractivity contribution in [1.82, 2.24) is 9.99 Å². The molecule has 0 saturated heterocycles. The van der Waals surface area contributed by atoms with E-state index < -0.39 is 5.91 Å². The van der Waals surface area contributed by atoms with Crippen LogP contribution in [0.1, 0.15) is 33.3 Å². The van der Waals surface area contributed by atoms with Crippen LogP contribution in [0.5, 0.6) is 11.5 Å². The molecule has 236 valence electrons. The first-order valence-electron chi connectivity index (χ1n) is 14.8. The van der Waals surface area contributed by atoms with Crippen LogP contribution in [-0.2, 0) is 11.4 Å². The van der Waals surface area contributed by atoms with E-state index in [0.717, 1.165) is 27.8 Å². The number of ether oxygens (including phenoxy) is 2. The lowest BCUT2D eigenvalue weighted by Crippen LogP contribution is -2.20. The van der Waals surface area contributed by atoms with Crippen molar-refractivity contribution < 1.29 is 23.5 Å². The van der Waals surface area contributed by atoms with Gasteiger partial charge in [0.25, 0.3) is 5.91 Å². The van der Waals surface area contributed by atoms with E-state index in [-0.39, 0.29) is 24.9 Å². The van der Waals surface area contributed by atoms with E-state index in [4.69, 9.17) is 25.5 Å². The van der Waals surface area contributed by atoms with Crippen LogP contribution in [0.25, 0.3) is 16.5 Å². The molecule has 6 aromatic rings. The summed E-state index contributed by atoms with van der Waals surface area (Å²) in [7, 11) is 0. The van der Waals surface area contributed by atoms with Gasteiger partial charge in [-0.3, -0.25) is 9.59 Å². The smallest absolute Gasteiger partial charge is 0.307 e. The molecule has 2 heterocycles. The number of hydrazone groups is 1. The number of hydrogen-bond acceptors (Lipinski definition) is 6. The van der Waals surface area contributed by atoms with E-state index >= 15 is 0 Å². The van der Waals surface area contributed by atoms with Gasteiger partial charge in [0.15, 0.2) is 12.4 Å². The lowest BCUT2D eigenvalue weighted by molar-refractivity contribution is -0.118. The Morgan fingerprint density at radius 2 is 1.60 bits per heavy atom. The number of hydrogen-bond donors (Lipinski definition) is 2. The monoisotopic (exact) mass is 646 g/mol. The Morgan fingerprint density at radius 3 is 2.36 bits per heavy atom. The molecule has 0 aliphatic carbocycles. The van der Waals surface area contributed by atoms with Crippen LogP contribution in [0, 0.1) is 13.8 Å². The summed E-state index contributed by atoms with van der Waals surface area (Å²) in [6, 6.07) is 33.3. The first-order chi connectivity index (χ1) is 22.8. The van der Waals surface area contributed by atoms with E-state index in [9.17, 15) is 9.59 Å². The fourth-order valence-corrected chi connectivity index (χ4v) is 5.24. The molecule has 0 saturated carbocycles. The maximum atomic E-state index is 12.8. The Hall–Kier alpha value is -5.80. The molecule has 0 bridgehead atoms. The third kappa shape index (κ3) is 7.54. The minimum atomic E-state index is -0.528. The van der Waals surface area contributed by atoms with Crippen molar-refractivity contribution >= 4 is 46.1 Å². The molecule has 0 spiro atoms. The van der Waals surface area contributed by atoms with Gasteiger partial charge >= 0.3 is 5.91 Å². The van der Waals surface area contributed by atoms with Gasteiger partial charge in [0.05, 0.1) is 6.21 Å². The number of aryl methyl sites for hydroxylation is 2. The second-order valence-corrected chi connectivity index (χ2v) is 11.2. The number of anilines is 1. The van der Waals surface area contributed by atoms with Gasteiger partial charge in [0, 0.05) is 33.3 Å². The van der Waals surface area contributed by atoms with E-state index in [2.05, 4.69) is 46.4 Å². The Bertz CT molecular complexity index is 2040. The summed E-state index contributed by atoms with van der Waals surface area (Å²) in [5, 5.41) is 9.29. The zero-order valence-electron chi connectivity index (χ0n) is 25.7. The predicted octanol–water partition coefficient (Wildman–Crippen LogP) is 7.85. The fraction of sp³-hybridized carbons (Fsp3) is 0.108. The lowest BCUT2D eigenvalue weighted by Gasteiger charge is -2.12. The molecule has 0 aliphatic heterocycles. The van der Waals surface area contributed by atoms with Gasteiger partial charge in [-0.2, -0.15) is 5.10 Å². The normalized spacial score (nSPS) is 11.1. The summed E-state index contributed by atoms with van der Waals surface area (Å²) < 4.78 is 19.6. The second-order valence-electron chi connectivity index (χ2n) is 10.7. The summed E-state index contributed by atoms with van der Waals surface area (Å²) in [5.74, 6) is 0.813. The predicted molar refractivity (Wildman–Crippen MR) is 183 cm³/mol. The molecule has 9 nitrogen and oxygen atoms in total. The minimum absolute atomic E-state index is 0.0860. The average Bonchev–Trinajstić information content (AvgIpc) is 3.70. The zero-order chi connectivity index (χ0) is 32.8. The molecule has 6 rings (SSSR count). The van der Waals surface area contributed by atoms with E-state index in [1.807, 2.05) is 54.6 Å². The SMILES string of the molecule is Cc1ccc(C)n1-c1ccc(OCc2ccc(C(=O)N/N=C/c3c(OCC(=O)Nc4ccc(Cl)cc4)ccc4ccccc34)o2)cc1. The Balaban J connectivity index is 1.07. The van der Waals surface area contributed by atoms with Gasteiger partial charge in [0.1, 0.15) is 23.9 Å². The number of benzene rings is 4. The van der Waals surface area contributed by atoms with Crippen molar-refractivity contribution in [3.63, 3.8) is 0 Å². The number of aromatic nitrogens is 1. The standard InChI is InChI=1S/C37H31ClN4O5/c1-24-7-8-25(2)42(24)29-14-16-30(17-15-29)45-22-31-18-20-35(47-31)37(44)41-39-21-33-32-6-4-3-5-26(32)9-19-34(33)46-23-36(43)40-28-12-10-27(38)11-13-28/h3-21H,22-23H2,1-2H3,(H,40,43)(H,41,44)/b39-21+. The van der Waals surface area contributed by atoms with Crippen molar-refractivity contribution in [2.75, 3.05) is 11.9 Å². The molecule has 0 aliphatic rings. The number of fused-ring (bicyclic) bond motifs is 1. The summed E-state index contributed by atoms with van der Waals surface area (Å²) in [6.07, 6.45) is 1.49. The Labute approximate surface area is 276 Å². The van der Waals surface area contributed by atoms with Crippen LogP contribution >= 0.6 is 11.6 Å². The highest BCUT2D eigenvalue weighted by atomic mass is 35.5. The van der Waals surface area contributed by atoms with Crippen molar-refractivity contribution in [3.8, 4) is 17.2 Å². The average molecular weight is 647 g/mol. The number of halogens is 1. The second kappa shape index (κ2) is 14.1. The lowest BCUT2D eigenvalue weighted by atomic mass is 10.0. The van der Waals surface area contributed by atoms with Crippen LogP contribution in [0.4, 0.5) is 5.69 Å². The molecule has 0 radical (unpaired) electrons. The summed E-state index contributed by atoms with van der Waals surface area (Å²) in [5.41, 5.74) is 7.07. The highest BCUT2D eigenvalue weighted by Crippen LogP contribution is 2.27. The van der Waals surface area contributed by atoms with E-state index in [1.165, 1.54) is 6.21 Å². The van der Waals surface area contributed by atoms with E-state index in [0.29, 0.717) is 33.5 Å². The topological polar surface area (TPSA) is 107 Å². The van der Waals surface area contributed by atoms with Gasteiger partial charge in [-0.05, 0) is 103 Å². The molecule has 0 unspecified atom stereocenters. The molecule has 10 heteroatoms.